The second-order valence-corrected chi connectivity index (χ2v) is 6.74. The first-order valence-corrected chi connectivity index (χ1v) is 8.83. The third-order valence-electron chi connectivity index (χ3n) is 4.59. The normalized spacial score (nSPS) is 15.9. The number of amides is 1. The van der Waals surface area contributed by atoms with Gasteiger partial charge in [0.25, 0.3) is 0 Å². The molecule has 0 bridgehead atoms. The maximum atomic E-state index is 13.9. The molecule has 0 aliphatic carbocycles. The number of nitrogens with zero attached hydrogens (tertiary/aromatic N) is 2. The Bertz CT molecular complexity index is 698. The lowest BCUT2D eigenvalue weighted by Gasteiger charge is -2.31. The Morgan fingerprint density at radius 3 is 2.76 bits per heavy atom. The van der Waals surface area contributed by atoms with Crippen LogP contribution in [0.5, 0.6) is 0 Å². The van der Waals surface area contributed by atoms with E-state index in [1.807, 2.05) is 12.1 Å². The standard InChI is InChI=1S/C19H21ClFN3O/c20-17-4-1-5-18(21)16(17)13-24-9-6-15(7-10-24)19(25)23-12-14-3-2-8-22-11-14/h1-5,8,11,15H,6-7,9-10,12-13H2,(H,23,25). The number of carbonyl (C=O) groups is 1. The average molecular weight is 362 g/mol. The fraction of sp³-hybridized carbons (Fsp3) is 0.368. The first-order valence-electron chi connectivity index (χ1n) is 8.45. The number of benzene rings is 1. The van der Waals surface area contributed by atoms with Gasteiger partial charge in [-0.3, -0.25) is 14.7 Å². The quantitative estimate of drug-likeness (QED) is 0.887. The Morgan fingerprint density at radius 1 is 1.28 bits per heavy atom. The molecule has 2 heterocycles. The minimum absolute atomic E-state index is 0.00372. The molecule has 1 fully saturated rings. The highest BCUT2D eigenvalue weighted by atomic mass is 35.5. The molecule has 0 unspecified atom stereocenters. The molecule has 3 rings (SSSR count). The van der Waals surface area contributed by atoms with E-state index in [0.717, 1.165) is 31.5 Å². The van der Waals surface area contributed by atoms with Crippen molar-refractivity contribution in [1.82, 2.24) is 15.2 Å². The maximum absolute atomic E-state index is 13.9. The minimum atomic E-state index is -0.274. The minimum Gasteiger partial charge on any atom is -0.352 e. The summed E-state index contributed by atoms with van der Waals surface area (Å²) in [7, 11) is 0. The largest absolute Gasteiger partial charge is 0.352 e. The fourth-order valence-corrected chi connectivity index (χ4v) is 3.32. The van der Waals surface area contributed by atoms with E-state index in [1.54, 1.807) is 24.5 Å². The van der Waals surface area contributed by atoms with Crippen molar-refractivity contribution in [1.29, 1.82) is 0 Å². The molecule has 2 aromatic rings. The van der Waals surface area contributed by atoms with Crippen molar-refractivity contribution in [3.63, 3.8) is 0 Å². The van der Waals surface area contributed by atoms with Crippen molar-refractivity contribution in [3.8, 4) is 0 Å². The summed E-state index contributed by atoms with van der Waals surface area (Å²) in [6.45, 7) is 2.50. The van der Waals surface area contributed by atoms with Gasteiger partial charge in [0.1, 0.15) is 5.82 Å². The molecule has 1 aliphatic rings. The van der Waals surface area contributed by atoms with Gasteiger partial charge in [0.15, 0.2) is 0 Å². The lowest BCUT2D eigenvalue weighted by atomic mass is 9.95. The summed E-state index contributed by atoms with van der Waals surface area (Å²) in [5, 5.41) is 3.43. The number of hydrogen-bond acceptors (Lipinski definition) is 3. The van der Waals surface area contributed by atoms with E-state index in [4.69, 9.17) is 11.6 Å². The van der Waals surface area contributed by atoms with Crippen LogP contribution in [0.4, 0.5) is 4.39 Å². The van der Waals surface area contributed by atoms with Crippen LogP contribution in [-0.4, -0.2) is 28.9 Å². The molecule has 0 radical (unpaired) electrons. The number of rotatable bonds is 5. The number of pyridine rings is 1. The molecule has 1 saturated heterocycles. The van der Waals surface area contributed by atoms with Crippen LogP contribution in [0.3, 0.4) is 0 Å². The predicted molar refractivity (Wildman–Crippen MR) is 95.5 cm³/mol. The second-order valence-electron chi connectivity index (χ2n) is 6.33. The number of aromatic nitrogens is 1. The molecule has 1 aliphatic heterocycles. The average Bonchev–Trinajstić information content (AvgIpc) is 2.64. The smallest absolute Gasteiger partial charge is 0.223 e. The summed E-state index contributed by atoms with van der Waals surface area (Å²) in [4.78, 5) is 18.5. The first-order chi connectivity index (χ1) is 12.1. The molecule has 1 aromatic carbocycles. The Hall–Kier alpha value is -1.98. The Kier molecular flexibility index (Phi) is 6.00. The first kappa shape index (κ1) is 17.8. The van der Waals surface area contributed by atoms with Gasteiger partial charge in [-0.25, -0.2) is 4.39 Å². The second kappa shape index (κ2) is 8.41. The summed E-state index contributed by atoms with van der Waals surface area (Å²) in [5.41, 5.74) is 1.52. The lowest BCUT2D eigenvalue weighted by Crippen LogP contribution is -2.40. The van der Waals surface area contributed by atoms with Gasteiger partial charge in [-0.15, -0.1) is 0 Å². The van der Waals surface area contributed by atoms with Gasteiger partial charge in [0.05, 0.1) is 0 Å². The lowest BCUT2D eigenvalue weighted by molar-refractivity contribution is -0.126. The molecule has 132 valence electrons. The van der Waals surface area contributed by atoms with Crippen LogP contribution < -0.4 is 5.32 Å². The molecule has 25 heavy (non-hydrogen) atoms. The summed E-state index contributed by atoms with van der Waals surface area (Å²) in [6.07, 6.45) is 5.00. The van der Waals surface area contributed by atoms with E-state index in [1.165, 1.54) is 6.07 Å². The van der Waals surface area contributed by atoms with Gasteiger partial charge >= 0.3 is 0 Å². The number of carbonyl (C=O) groups excluding carboxylic acids is 1. The van der Waals surface area contributed by atoms with E-state index in [-0.39, 0.29) is 17.6 Å². The van der Waals surface area contributed by atoms with E-state index in [0.29, 0.717) is 23.7 Å². The van der Waals surface area contributed by atoms with Crippen LogP contribution in [0.1, 0.15) is 24.0 Å². The van der Waals surface area contributed by atoms with Gasteiger partial charge in [0, 0.05) is 42.0 Å². The van der Waals surface area contributed by atoms with Gasteiger partial charge in [-0.05, 0) is 49.7 Å². The Morgan fingerprint density at radius 2 is 2.08 bits per heavy atom. The molecule has 1 amide bonds. The van der Waals surface area contributed by atoms with E-state index in [2.05, 4.69) is 15.2 Å². The summed E-state index contributed by atoms with van der Waals surface area (Å²) >= 11 is 6.09. The van der Waals surface area contributed by atoms with Crippen LogP contribution in [0, 0.1) is 11.7 Å². The maximum Gasteiger partial charge on any atom is 0.223 e. The topological polar surface area (TPSA) is 45.2 Å². The highest BCUT2D eigenvalue weighted by Crippen LogP contribution is 2.24. The summed E-state index contributed by atoms with van der Waals surface area (Å²) in [5.74, 6) is -0.194. The highest BCUT2D eigenvalue weighted by molar-refractivity contribution is 6.31. The number of hydrogen-bond donors (Lipinski definition) is 1. The molecule has 4 nitrogen and oxygen atoms in total. The molecular formula is C19H21ClFN3O. The van der Waals surface area contributed by atoms with Crippen molar-refractivity contribution in [2.45, 2.75) is 25.9 Å². The van der Waals surface area contributed by atoms with E-state index < -0.39 is 0 Å². The zero-order valence-corrected chi connectivity index (χ0v) is 14.7. The molecule has 6 heteroatoms. The van der Waals surface area contributed by atoms with Crippen LogP contribution in [0.15, 0.2) is 42.7 Å². The zero-order valence-electron chi connectivity index (χ0n) is 13.9. The van der Waals surface area contributed by atoms with E-state index >= 15 is 0 Å². The number of likely N-dealkylation sites (tertiary alicyclic amines) is 1. The monoisotopic (exact) mass is 361 g/mol. The number of nitrogens with one attached hydrogen (secondary N) is 1. The van der Waals surface area contributed by atoms with Gasteiger partial charge in [-0.1, -0.05) is 23.7 Å². The van der Waals surface area contributed by atoms with Crippen molar-refractivity contribution >= 4 is 17.5 Å². The van der Waals surface area contributed by atoms with Crippen LogP contribution in [-0.2, 0) is 17.9 Å². The van der Waals surface area contributed by atoms with Crippen molar-refractivity contribution < 1.29 is 9.18 Å². The van der Waals surface area contributed by atoms with Gasteiger partial charge in [-0.2, -0.15) is 0 Å². The summed E-state index contributed by atoms with van der Waals surface area (Å²) in [6, 6.07) is 8.54. The molecule has 0 atom stereocenters. The fourth-order valence-electron chi connectivity index (χ4n) is 3.10. The molecule has 0 saturated carbocycles. The van der Waals surface area contributed by atoms with E-state index in [9.17, 15) is 9.18 Å². The SMILES string of the molecule is O=C(NCc1cccnc1)C1CCN(Cc2c(F)cccc2Cl)CC1. The summed E-state index contributed by atoms with van der Waals surface area (Å²) < 4.78 is 13.9. The van der Waals surface area contributed by atoms with Crippen LogP contribution in [0.25, 0.3) is 0 Å². The van der Waals surface area contributed by atoms with Gasteiger partial charge in [0.2, 0.25) is 5.91 Å². The number of halogens is 2. The number of piperidine rings is 1. The Labute approximate surface area is 152 Å². The van der Waals surface area contributed by atoms with Crippen LogP contribution in [0.2, 0.25) is 5.02 Å². The third-order valence-corrected chi connectivity index (χ3v) is 4.95. The molecular weight excluding hydrogens is 341 g/mol. The van der Waals surface area contributed by atoms with Gasteiger partial charge < -0.3 is 5.32 Å². The Balaban J connectivity index is 1.47. The molecule has 1 N–H and O–H groups in total. The predicted octanol–water partition coefficient (Wildman–Crippen LogP) is 3.40. The highest BCUT2D eigenvalue weighted by Gasteiger charge is 2.25. The van der Waals surface area contributed by atoms with Crippen molar-refractivity contribution in [2.24, 2.45) is 5.92 Å². The molecule has 1 aromatic heterocycles. The zero-order chi connectivity index (χ0) is 17.6. The third kappa shape index (κ3) is 4.77. The van der Waals surface area contributed by atoms with Crippen LogP contribution >= 0.6 is 11.6 Å². The molecule has 0 spiro atoms. The van der Waals surface area contributed by atoms with Crippen molar-refractivity contribution in [3.05, 3.63) is 64.7 Å². The van der Waals surface area contributed by atoms with Crippen molar-refractivity contribution in [2.75, 3.05) is 13.1 Å².